The standard InChI is InChI=1S/C25H24BrN3O4/c1-16-4-6-18(7-5-16)15-33-22-11-8-19(13-23(22)32-3)14-27-29-25(31)24(30)28-21-10-9-20(26)12-17(21)2/h4-14H,15H2,1-3H3,(H,28,30)(H,29,31)/b27-14+. The van der Waals surface area contributed by atoms with Gasteiger partial charge in [0.2, 0.25) is 0 Å². The molecule has 0 aromatic heterocycles. The minimum atomic E-state index is -0.876. The normalized spacial score (nSPS) is 10.7. The second-order valence-electron chi connectivity index (χ2n) is 7.30. The van der Waals surface area contributed by atoms with Gasteiger partial charge in [0.25, 0.3) is 0 Å². The summed E-state index contributed by atoms with van der Waals surface area (Å²) in [6.45, 7) is 4.28. The van der Waals surface area contributed by atoms with Crippen LogP contribution in [0.2, 0.25) is 0 Å². The number of carbonyl (C=O) groups excluding carboxylic acids is 2. The molecule has 0 radical (unpaired) electrons. The summed E-state index contributed by atoms with van der Waals surface area (Å²) in [5.41, 5.74) is 6.50. The zero-order valence-corrected chi connectivity index (χ0v) is 20.1. The zero-order valence-electron chi connectivity index (χ0n) is 18.5. The Morgan fingerprint density at radius 2 is 1.73 bits per heavy atom. The predicted molar refractivity (Wildman–Crippen MR) is 132 cm³/mol. The molecule has 0 spiro atoms. The molecular formula is C25H24BrN3O4. The van der Waals surface area contributed by atoms with E-state index in [2.05, 4.69) is 31.8 Å². The molecule has 2 N–H and O–H groups in total. The van der Waals surface area contributed by atoms with Gasteiger partial charge in [0, 0.05) is 10.2 Å². The smallest absolute Gasteiger partial charge is 0.329 e. The van der Waals surface area contributed by atoms with Crippen LogP contribution < -0.4 is 20.2 Å². The number of anilines is 1. The number of amides is 2. The lowest BCUT2D eigenvalue weighted by molar-refractivity contribution is -0.136. The third kappa shape index (κ3) is 6.92. The van der Waals surface area contributed by atoms with E-state index in [1.165, 1.54) is 11.8 Å². The lowest BCUT2D eigenvalue weighted by Gasteiger charge is -2.11. The highest BCUT2D eigenvalue weighted by molar-refractivity contribution is 9.10. The van der Waals surface area contributed by atoms with Gasteiger partial charge in [0.1, 0.15) is 6.61 Å². The van der Waals surface area contributed by atoms with Gasteiger partial charge in [-0.3, -0.25) is 9.59 Å². The van der Waals surface area contributed by atoms with E-state index in [1.54, 1.807) is 37.4 Å². The molecule has 3 aromatic carbocycles. The average Bonchev–Trinajstić information content (AvgIpc) is 2.80. The number of methoxy groups -OCH3 is 1. The molecule has 2 amide bonds. The van der Waals surface area contributed by atoms with E-state index in [0.29, 0.717) is 29.4 Å². The van der Waals surface area contributed by atoms with Gasteiger partial charge in [0.05, 0.1) is 13.3 Å². The number of rotatable bonds is 7. The maximum absolute atomic E-state index is 12.1. The van der Waals surface area contributed by atoms with Crippen LogP contribution in [-0.2, 0) is 16.2 Å². The Bertz CT molecular complexity index is 1180. The molecule has 7 nitrogen and oxygen atoms in total. The highest BCUT2D eigenvalue weighted by Gasteiger charge is 2.14. The molecule has 0 bridgehead atoms. The van der Waals surface area contributed by atoms with Gasteiger partial charge in [0.15, 0.2) is 11.5 Å². The van der Waals surface area contributed by atoms with E-state index in [1.807, 2.05) is 44.2 Å². The predicted octanol–water partition coefficient (Wildman–Crippen LogP) is 4.74. The summed E-state index contributed by atoms with van der Waals surface area (Å²) in [5, 5.41) is 6.42. The summed E-state index contributed by atoms with van der Waals surface area (Å²) >= 11 is 3.36. The number of nitrogens with zero attached hydrogens (tertiary/aromatic N) is 1. The highest BCUT2D eigenvalue weighted by Crippen LogP contribution is 2.28. The third-order valence-corrected chi connectivity index (χ3v) is 5.22. The van der Waals surface area contributed by atoms with Crippen LogP contribution in [0, 0.1) is 13.8 Å². The van der Waals surface area contributed by atoms with Crippen molar-refractivity contribution >= 4 is 39.6 Å². The summed E-state index contributed by atoms with van der Waals surface area (Å²) in [6, 6.07) is 18.7. The van der Waals surface area contributed by atoms with Gasteiger partial charge in [-0.15, -0.1) is 0 Å². The first-order chi connectivity index (χ1) is 15.9. The Hall–Kier alpha value is -3.65. The number of hydrazone groups is 1. The number of carbonyl (C=O) groups is 2. The van der Waals surface area contributed by atoms with Gasteiger partial charge in [-0.1, -0.05) is 45.8 Å². The number of hydrogen-bond acceptors (Lipinski definition) is 5. The van der Waals surface area contributed by atoms with E-state index in [0.717, 1.165) is 15.6 Å². The average molecular weight is 510 g/mol. The number of nitrogens with one attached hydrogen (secondary N) is 2. The molecule has 3 aromatic rings. The van der Waals surface area contributed by atoms with Crippen molar-refractivity contribution in [1.82, 2.24) is 5.43 Å². The van der Waals surface area contributed by atoms with Crippen molar-refractivity contribution in [2.24, 2.45) is 5.10 Å². The summed E-state index contributed by atoms with van der Waals surface area (Å²) in [7, 11) is 1.55. The highest BCUT2D eigenvalue weighted by atomic mass is 79.9. The molecule has 0 saturated carbocycles. The van der Waals surface area contributed by atoms with Gasteiger partial charge in [-0.2, -0.15) is 5.10 Å². The Morgan fingerprint density at radius 1 is 0.970 bits per heavy atom. The van der Waals surface area contributed by atoms with Crippen molar-refractivity contribution in [2.75, 3.05) is 12.4 Å². The number of benzene rings is 3. The van der Waals surface area contributed by atoms with Crippen LogP contribution in [0.5, 0.6) is 11.5 Å². The van der Waals surface area contributed by atoms with Crippen molar-refractivity contribution in [3.63, 3.8) is 0 Å². The second-order valence-corrected chi connectivity index (χ2v) is 8.21. The fourth-order valence-electron chi connectivity index (χ4n) is 2.89. The minimum absolute atomic E-state index is 0.410. The summed E-state index contributed by atoms with van der Waals surface area (Å²) in [4.78, 5) is 24.1. The molecular weight excluding hydrogens is 486 g/mol. The first-order valence-electron chi connectivity index (χ1n) is 10.1. The van der Waals surface area contributed by atoms with Crippen LogP contribution in [0.25, 0.3) is 0 Å². The lowest BCUT2D eigenvalue weighted by Crippen LogP contribution is -2.32. The van der Waals surface area contributed by atoms with Crippen LogP contribution in [-0.4, -0.2) is 25.1 Å². The molecule has 8 heteroatoms. The first-order valence-corrected chi connectivity index (χ1v) is 10.9. The van der Waals surface area contributed by atoms with Crippen LogP contribution in [0.4, 0.5) is 5.69 Å². The van der Waals surface area contributed by atoms with E-state index >= 15 is 0 Å². The van der Waals surface area contributed by atoms with Crippen molar-refractivity contribution in [2.45, 2.75) is 20.5 Å². The van der Waals surface area contributed by atoms with E-state index < -0.39 is 11.8 Å². The zero-order chi connectivity index (χ0) is 23.8. The maximum Gasteiger partial charge on any atom is 0.329 e. The molecule has 170 valence electrons. The monoisotopic (exact) mass is 509 g/mol. The van der Waals surface area contributed by atoms with Gasteiger partial charge >= 0.3 is 11.8 Å². The molecule has 0 aliphatic heterocycles. The van der Waals surface area contributed by atoms with E-state index in [-0.39, 0.29) is 0 Å². The Kier molecular flexibility index (Phi) is 8.21. The molecule has 0 heterocycles. The summed E-state index contributed by atoms with van der Waals surface area (Å²) in [5.74, 6) is -0.571. The lowest BCUT2D eigenvalue weighted by atomic mass is 10.2. The van der Waals surface area contributed by atoms with E-state index in [4.69, 9.17) is 9.47 Å². The van der Waals surface area contributed by atoms with Crippen LogP contribution in [0.15, 0.2) is 70.2 Å². The maximum atomic E-state index is 12.1. The summed E-state index contributed by atoms with van der Waals surface area (Å²) < 4.78 is 12.1. The van der Waals surface area contributed by atoms with Crippen LogP contribution in [0.3, 0.4) is 0 Å². The third-order valence-electron chi connectivity index (χ3n) is 4.73. The molecule has 0 aliphatic rings. The molecule has 33 heavy (non-hydrogen) atoms. The topological polar surface area (TPSA) is 89.0 Å². The largest absolute Gasteiger partial charge is 0.493 e. The SMILES string of the molecule is COc1cc(/C=N/NC(=O)C(=O)Nc2ccc(Br)cc2C)ccc1OCc1ccc(C)cc1. The summed E-state index contributed by atoms with van der Waals surface area (Å²) in [6.07, 6.45) is 1.42. The molecule has 0 saturated heterocycles. The quantitative estimate of drug-likeness (QED) is 0.273. The second kappa shape index (κ2) is 11.3. The van der Waals surface area contributed by atoms with Crippen LogP contribution in [0.1, 0.15) is 22.3 Å². The number of ether oxygens (including phenoxy) is 2. The Labute approximate surface area is 200 Å². The fourth-order valence-corrected chi connectivity index (χ4v) is 3.37. The van der Waals surface area contributed by atoms with Crippen molar-refractivity contribution in [3.05, 3.63) is 87.4 Å². The Balaban J connectivity index is 1.57. The number of halogens is 1. The molecule has 0 aliphatic carbocycles. The fraction of sp³-hybridized carbons (Fsp3) is 0.160. The first kappa shape index (κ1) is 24.0. The van der Waals surface area contributed by atoms with Gasteiger partial charge in [-0.25, -0.2) is 5.43 Å². The molecule has 0 unspecified atom stereocenters. The van der Waals surface area contributed by atoms with Crippen molar-refractivity contribution < 1.29 is 19.1 Å². The number of aryl methyl sites for hydroxylation is 2. The molecule has 0 fully saturated rings. The Morgan fingerprint density at radius 3 is 2.42 bits per heavy atom. The van der Waals surface area contributed by atoms with Crippen LogP contribution >= 0.6 is 15.9 Å². The van der Waals surface area contributed by atoms with Crippen molar-refractivity contribution in [3.8, 4) is 11.5 Å². The molecule has 3 rings (SSSR count). The van der Waals surface area contributed by atoms with Gasteiger partial charge < -0.3 is 14.8 Å². The van der Waals surface area contributed by atoms with E-state index in [9.17, 15) is 9.59 Å². The minimum Gasteiger partial charge on any atom is -0.493 e. The van der Waals surface area contributed by atoms with Crippen molar-refractivity contribution in [1.29, 1.82) is 0 Å². The van der Waals surface area contributed by atoms with Gasteiger partial charge in [-0.05, 0) is 66.9 Å². The number of hydrogen-bond donors (Lipinski definition) is 2. The molecule has 0 atom stereocenters.